The third-order valence-electron chi connectivity index (χ3n) is 6.18. The van der Waals surface area contributed by atoms with Crippen molar-refractivity contribution in [2.75, 3.05) is 11.4 Å². The molecule has 1 aliphatic heterocycles. The predicted molar refractivity (Wildman–Crippen MR) is 95.5 cm³/mol. The van der Waals surface area contributed by atoms with E-state index in [1.807, 2.05) is 0 Å². The zero-order valence-corrected chi connectivity index (χ0v) is 15.0. The summed E-state index contributed by atoms with van der Waals surface area (Å²) in [5.41, 5.74) is 5.16. The zero-order chi connectivity index (χ0) is 16.8. The quantitative estimate of drug-likeness (QED) is 0.788. The summed E-state index contributed by atoms with van der Waals surface area (Å²) in [6, 6.07) is 0.550. The molecule has 25 heavy (non-hydrogen) atoms. The normalized spacial score (nSPS) is 25.7. The minimum atomic E-state index is 0.550. The molecule has 3 heterocycles. The fourth-order valence-corrected chi connectivity index (χ4v) is 4.69. The smallest absolute Gasteiger partial charge is 0.135 e. The van der Waals surface area contributed by atoms with E-state index < -0.39 is 0 Å². The van der Waals surface area contributed by atoms with Crippen molar-refractivity contribution in [1.29, 1.82) is 0 Å². The molecule has 132 valence electrons. The first-order chi connectivity index (χ1) is 12.3. The summed E-state index contributed by atoms with van der Waals surface area (Å²) in [6.07, 6.45) is 11.2. The van der Waals surface area contributed by atoms with Crippen LogP contribution in [0, 0.1) is 5.92 Å². The molecule has 2 aromatic heterocycles. The average molecular weight is 338 g/mol. The highest BCUT2D eigenvalue weighted by atomic mass is 15.5. The van der Waals surface area contributed by atoms with Gasteiger partial charge in [0.2, 0.25) is 0 Å². The maximum atomic E-state index is 4.70. The van der Waals surface area contributed by atoms with E-state index in [0.29, 0.717) is 6.04 Å². The maximum absolute atomic E-state index is 4.70. The third kappa shape index (κ3) is 2.62. The minimum absolute atomic E-state index is 0.550. The Bertz CT molecular complexity index is 776. The lowest BCUT2D eigenvalue weighted by Crippen LogP contribution is -2.35. The van der Waals surface area contributed by atoms with Crippen LogP contribution in [-0.2, 0) is 25.8 Å². The van der Waals surface area contributed by atoms with Crippen LogP contribution >= 0.6 is 0 Å². The molecule has 0 amide bonds. The highest BCUT2D eigenvalue weighted by Gasteiger charge is 2.33. The first kappa shape index (κ1) is 15.3. The van der Waals surface area contributed by atoms with Gasteiger partial charge in [-0.05, 0) is 44.4 Å². The van der Waals surface area contributed by atoms with Gasteiger partial charge < -0.3 is 4.90 Å². The van der Waals surface area contributed by atoms with E-state index in [9.17, 15) is 0 Å². The summed E-state index contributed by atoms with van der Waals surface area (Å²) in [6.45, 7) is 4.19. The maximum Gasteiger partial charge on any atom is 0.135 e. The fourth-order valence-electron chi connectivity index (χ4n) is 4.69. The number of aryl methyl sites for hydroxylation is 1. The van der Waals surface area contributed by atoms with Gasteiger partial charge in [0.1, 0.15) is 12.1 Å². The van der Waals surface area contributed by atoms with Crippen LogP contribution in [0.4, 0.5) is 5.82 Å². The molecule has 0 atom stereocenters. The molecule has 0 N–H and O–H groups in total. The summed E-state index contributed by atoms with van der Waals surface area (Å²) in [4.78, 5) is 11.7. The van der Waals surface area contributed by atoms with Crippen LogP contribution in [0.3, 0.4) is 0 Å². The van der Waals surface area contributed by atoms with Crippen molar-refractivity contribution in [3.63, 3.8) is 0 Å². The van der Waals surface area contributed by atoms with E-state index in [1.165, 1.54) is 54.7 Å². The summed E-state index contributed by atoms with van der Waals surface area (Å²) in [5, 5.41) is 8.96. The van der Waals surface area contributed by atoms with Crippen LogP contribution in [0.5, 0.6) is 0 Å². The molecule has 2 aromatic rings. The highest BCUT2D eigenvalue weighted by Crippen LogP contribution is 2.39. The first-order valence-corrected chi connectivity index (χ1v) is 9.80. The molecule has 1 saturated carbocycles. The Morgan fingerprint density at radius 1 is 1.00 bits per heavy atom. The van der Waals surface area contributed by atoms with Crippen molar-refractivity contribution >= 4 is 5.82 Å². The molecule has 0 bridgehead atoms. The Morgan fingerprint density at radius 3 is 2.76 bits per heavy atom. The fraction of sp³-hybridized carbons (Fsp3) is 0.684. The van der Waals surface area contributed by atoms with Crippen LogP contribution in [0.1, 0.15) is 67.7 Å². The van der Waals surface area contributed by atoms with Crippen LogP contribution < -0.4 is 4.90 Å². The lowest BCUT2D eigenvalue weighted by atomic mass is 9.82. The van der Waals surface area contributed by atoms with Crippen molar-refractivity contribution < 1.29 is 0 Å². The van der Waals surface area contributed by atoms with Gasteiger partial charge in [-0.25, -0.2) is 14.6 Å². The number of fused-ring (bicyclic) bond motifs is 2. The number of aromatic nitrogens is 5. The molecule has 1 fully saturated rings. The van der Waals surface area contributed by atoms with Crippen molar-refractivity contribution in [1.82, 2.24) is 25.0 Å². The van der Waals surface area contributed by atoms with E-state index in [2.05, 4.69) is 31.8 Å². The molecular formula is C19H26N6. The van der Waals surface area contributed by atoms with Gasteiger partial charge in [-0.3, -0.25) is 0 Å². The molecule has 0 saturated heterocycles. The molecule has 0 aromatic carbocycles. The predicted octanol–water partition coefficient (Wildman–Crippen LogP) is 2.87. The number of rotatable bonds is 2. The second-order valence-electron chi connectivity index (χ2n) is 8.01. The van der Waals surface area contributed by atoms with Gasteiger partial charge in [-0.1, -0.05) is 18.6 Å². The monoisotopic (exact) mass is 338 g/mol. The van der Waals surface area contributed by atoms with E-state index in [-0.39, 0.29) is 0 Å². The Balaban J connectivity index is 1.45. The topological polar surface area (TPSA) is 59.7 Å². The second-order valence-corrected chi connectivity index (χ2v) is 8.01. The Labute approximate surface area is 148 Å². The minimum Gasteiger partial charge on any atom is -0.350 e. The van der Waals surface area contributed by atoms with Crippen LogP contribution in [-0.4, -0.2) is 31.5 Å². The summed E-state index contributed by atoms with van der Waals surface area (Å²) in [5.74, 6) is 1.98. The average Bonchev–Trinajstić information content (AvgIpc) is 2.86. The Kier molecular flexibility index (Phi) is 3.71. The molecule has 5 rings (SSSR count). The largest absolute Gasteiger partial charge is 0.350 e. The number of hydrogen-bond acceptors (Lipinski definition) is 5. The van der Waals surface area contributed by atoms with Gasteiger partial charge in [-0.2, -0.15) is 0 Å². The van der Waals surface area contributed by atoms with E-state index in [0.717, 1.165) is 44.1 Å². The molecule has 3 aliphatic rings. The SMILES string of the molecule is CC1CC(n2nnc3c2CN(c2ncnc4c2CCCCC4)CC3)C1. The summed E-state index contributed by atoms with van der Waals surface area (Å²) >= 11 is 0. The Hall–Kier alpha value is -1.98. The highest BCUT2D eigenvalue weighted by molar-refractivity contribution is 5.50. The number of hydrogen-bond donors (Lipinski definition) is 0. The number of anilines is 1. The van der Waals surface area contributed by atoms with Gasteiger partial charge in [0.05, 0.1) is 24.0 Å². The standard InChI is InChI=1S/C19H26N6/c1-13-9-14(10-13)25-18-11-24(8-7-17(18)22-23-25)19-15-5-3-2-4-6-16(15)20-12-21-19/h12-14H,2-11H2,1H3. The number of nitrogens with zero attached hydrogens (tertiary/aromatic N) is 6. The molecule has 6 nitrogen and oxygen atoms in total. The van der Waals surface area contributed by atoms with E-state index in [1.54, 1.807) is 6.33 Å². The van der Waals surface area contributed by atoms with Gasteiger partial charge in [0.15, 0.2) is 0 Å². The van der Waals surface area contributed by atoms with Crippen LogP contribution in [0.25, 0.3) is 0 Å². The van der Waals surface area contributed by atoms with Crippen LogP contribution in [0.2, 0.25) is 0 Å². The third-order valence-corrected chi connectivity index (χ3v) is 6.18. The van der Waals surface area contributed by atoms with E-state index >= 15 is 0 Å². The zero-order valence-electron chi connectivity index (χ0n) is 15.0. The molecule has 0 radical (unpaired) electrons. The lowest BCUT2D eigenvalue weighted by molar-refractivity contribution is 0.193. The van der Waals surface area contributed by atoms with Gasteiger partial charge in [0.25, 0.3) is 0 Å². The Morgan fingerprint density at radius 2 is 1.88 bits per heavy atom. The lowest BCUT2D eigenvalue weighted by Gasteiger charge is -2.35. The molecule has 6 heteroatoms. The second kappa shape index (κ2) is 6.07. The summed E-state index contributed by atoms with van der Waals surface area (Å²) < 4.78 is 2.21. The molecule has 2 aliphatic carbocycles. The van der Waals surface area contributed by atoms with Gasteiger partial charge in [0, 0.05) is 24.2 Å². The molecule has 0 spiro atoms. The van der Waals surface area contributed by atoms with Crippen LogP contribution in [0.15, 0.2) is 6.33 Å². The van der Waals surface area contributed by atoms with Crippen molar-refractivity contribution in [3.8, 4) is 0 Å². The summed E-state index contributed by atoms with van der Waals surface area (Å²) in [7, 11) is 0. The van der Waals surface area contributed by atoms with Crippen molar-refractivity contribution in [2.24, 2.45) is 5.92 Å². The van der Waals surface area contributed by atoms with E-state index in [4.69, 9.17) is 4.98 Å². The molecule has 0 unspecified atom stereocenters. The van der Waals surface area contributed by atoms with Crippen molar-refractivity contribution in [3.05, 3.63) is 29.0 Å². The van der Waals surface area contributed by atoms with Gasteiger partial charge >= 0.3 is 0 Å². The van der Waals surface area contributed by atoms with Crippen molar-refractivity contribution in [2.45, 2.75) is 70.9 Å². The molecular weight excluding hydrogens is 312 g/mol. The van der Waals surface area contributed by atoms with Gasteiger partial charge in [-0.15, -0.1) is 5.10 Å². The first-order valence-electron chi connectivity index (χ1n) is 9.80.